The highest BCUT2D eigenvalue weighted by molar-refractivity contribution is 5.79. The number of rotatable bonds is 9. The Morgan fingerprint density at radius 1 is 1.12 bits per heavy atom. The number of nitrogens with zero attached hydrogens (tertiary/aromatic N) is 2. The fraction of sp³-hybridized carbons (Fsp3) is 0.368. The van der Waals surface area contributed by atoms with E-state index in [2.05, 4.69) is 20.6 Å². The lowest BCUT2D eigenvalue weighted by Gasteiger charge is -2.14. The van der Waals surface area contributed by atoms with Gasteiger partial charge in [0.2, 0.25) is 5.88 Å². The summed E-state index contributed by atoms with van der Waals surface area (Å²) in [5.74, 6) is 1.35. The van der Waals surface area contributed by atoms with Gasteiger partial charge in [0.25, 0.3) is 0 Å². The van der Waals surface area contributed by atoms with Crippen molar-refractivity contribution in [3.8, 4) is 5.88 Å². The van der Waals surface area contributed by atoms with Crippen LogP contribution in [0.15, 0.2) is 53.7 Å². The van der Waals surface area contributed by atoms with Gasteiger partial charge in [0.1, 0.15) is 6.61 Å². The van der Waals surface area contributed by atoms with Crippen LogP contribution in [0.25, 0.3) is 0 Å². The molecule has 25 heavy (non-hydrogen) atoms. The second-order valence-electron chi connectivity index (χ2n) is 5.29. The van der Waals surface area contributed by atoms with Gasteiger partial charge in [-0.2, -0.15) is 0 Å². The zero-order chi connectivity index (χ0) is 17.7. The van der Waals surface area contributed by atoms with Crippen LogP contribution in [-0.2, 0) is 17.9 Å². The SMILES string of the molecule is CCOCCNC(=NC)NCc1cccnc1OCc1ccccc1. The van der Waals surface area contributed by atoms with Crippen molar-refractivity contribution < 1.29 is 9.47 Å². The standard InChI is InChI=1S/C19H26N4O2/c1-3-24-13-12-22-19(20-2)23-14-17-10-7-11-21-18(17)25-15-16-8-5-4-6-9-16/h4-11H,3,12-15H2,1-2H3,(H2,20,22,23). The molecule has 0 atom stereocenters. The summed E-state index contributed by atoms with van der Waals surface area (Å²) in [6, 6.07) is 13.9. The molecule has 0 unspecified atom stereocenters. The van der Waals surface area contributed by atoms with E-state index >= 15 is 0 Å². The molecule has 2 aromatic rings. The first-order chi connectivity index (χ1) is 12.3. The Morgan fingerprint density at radius 2 is 1.96 bits per heavy atom. The van der Waals surface area contributed by atoms with Crippen molar-refractivity contribution in [2.45, 2.75) is 20.1 Å². The van der Waals surface area contributed by atoms with Crippen molar-refractivity contribution in [2.24, 2.45) is 4.99 Å². The number of nitrogens with one attached hydrogen (secondary N) is 2. The maximum atomic E-state index is 5.87. The maximum absolute atomic E-state index is 5.87. The molecule has 1 aromatic heterocycles. The number of guanidine groups is 1. The van der Waals surface area contributed by atoms with Crippen molar-refractivity contribution in [3.05, 3.63) is 59.8 Å². The number of pyridine rings is 1. The molecule has 2 rings (SSSR count). The van der Waals surface area contributed by atoms with E-state index in [1.807, 2.05) is 49.4 Å². The molecule has 1 heterocycles. The van der Waals surface area contributed by atoms with E-state index in [1.54, 1.807) is 13.2 Å². The molecule has 0 aliphatic carbocycles. The third kappa shape index (κ3) is 6.81. The molecule has 0 spiro atoms. The van der Waals surface area contributed by atoms with Crippen LogP contribution in [0.3, 0.4) is 0 Å². The quantitative estimate of drug-likeness (QED) is 0.416. The summed E-state index contributed by atoms with van der Waals surface area (Å²) in [5, 5.41) is 6.47. The molecular formula is C19H26N4O2. The minimum absolute atomic E-state index is 0.492. The van der Waals surface area contributed by atoms with E-state index in [9.17, 15) is 0 Å². The lowest BCUT2D eigenvalue weighted by molar-refractivity contribution is 0.152. The summed E-state index contributed by atoms with van der Waals surface area (Å²) in [5.41, 5.74) is 2.09. The van der Waals surface area contributed by atoms with E-state index in [4.69, 9.17) is 9.47 Å². The first-order valence-electron chi connectivity index (χ1n) is 8.46. The van der Waals surface area contributed by atoms with Gasteiger partial charge < -0.3 is 20.1 Å². The summed E-state index contributed by atoms with van der Waals surface area (Å²) in [6.45, 7) is 5.11. The predicted octanol–water partition coefficient (Wildman–Crippen LogP) is 2.36. The highest BCUT2D eigenvalue weighted by Gasteiger charge is 2.06. The maximum Gasteiger partial charge on any atom is 0.218 e. The number of benzene rings is 1. The van der Waals surface area contributed by atoms with Crippen molar-refractivity contribution in [1.29, 1.82) is 0 Å². The zero-order valence-corrected chi connectivity index (χ0v) is 14.9. The first kappa shape index (κ1) is 18.7. The van der Waals surface area contributed by atoms with Crippen LogP contribution in [-0.4, -0.2) is 37.7 Å². The number of hydrogen-bond donors (Lipinski definition) is 2. The molecule has 0 fully saturated rings. The number of ether oxygens (including phenoxy) is 2. The van der Waals surface area contributed by atoms with Crippen LogP contribution in [0.5, 0.6) is 5.88 Å². The first-order valence-corrected chi connectivity index (χ1v) is 8.46. The normalized spacial score (nSPS) is 11.2. The molecule has 0 saturated heterocycles. The molecule has 0 saturated carbocycles. The third-order valence-corrected chi connectivity index (χ3v) is 3.48. The van der Waals surface area contributed by atoms with Crippen LogP contribution < -0.4 is 15.4 Å². The molecule has 0 bridgehead atoms. The Kier molecular flexibility index (Phi) is 8.27. The Balaban J connectivity index is 1.86. The van der Waals surface area contributed by atoms with Crippen LogP contribution in [0.1, 0.15) is 18.1 Å². The van der Waals surface area contributed by atoms with Gasteiger partial charge in [0, 0.05) is 38.5 Å². The van der Waals surface area contributed by atoms with E-state index in [0.29, 0.717) is 38.8 Å². The van der Waals surface area contributed by atoms with Gasteiger partial charge in [0.05, 0.1) is 6.61 Å². The van der Waals surface area contributed by atoms with E-state index in [-0.39, 0.29) is 0 Å². The zero-order valence-electron chi connectivity index (χ0n) is 14.9. The number of aromatic nitrogens is 1. The molecule has 0 radical (unpaired) electrons. The Labute approximate surface area is 149 Å². The lowest BCUT2D eigenvalue weighted by Crippen LogP contribution is -2.38. The van der Waals surface area contributed by atoms with Crippen LogP contribution in [0.4, 0.5) is 0 Å². The Bertz CT molecular complexity index is 647. The highest BCUT2D eigenvalue weighted by Crippen LogP contribution is 2.15. The second-order valence-corrected chi connectivity index (χ2v) is 5.29. The Hall–Kier alpha value is -2.60. The minimum atomic E-state index is 0.492. The Morgan fingerprint density at radius 3 is 2.72 bits per heavy atom. The van der Waals surface area contributed by atoms with E-state index < -0.39 is 0 Å². The summed E-state index contributed by atoms with van der Waals surface area (Å²) < 4.78 is 11.2. The van der Waals surface area contributed by atoms with Gasteiger partial charge in [0.15, 0.2) is 5.96 Å². The van der Waals surface area contributed by atoms with Crippen LogP contribution in [0.2, 0.25) is 0 Å². The predicted molar refractivity (Wildman–Crippen MR) is 99.7 cm³/mol. The van der Waals surface area contributed by atoms with Gasteiger partial charge in [-0.1, -0.05) is 36.4 Å². The van der Waals surface area contributed by atoms with Crippen molar-refractivity contribution in [1.82, 2.24) is 15.6 Å². The third-order valence-electron chi connectivity index (χ3n) is 3.48. The monoisotopic (exact) mass is 342 g/mol. The highest BCUT2D eigenvalue weighted by atomic mass is 16.5. The minimum Gasteiger partial charge on any atom is -0.473 e. The number of hydrogen-bond acceptors (Lipinski definition) is 4. The van der Waals surface area contributed by atoms with Gasteiger partial charge in [-0.25, -0.2) is 4.98 Å². The lowest BCUT2D eigenvalue weighted by atomic mass is 10.2. The fourth-order valence-corrected chi connectivity index (χ4v) is 2.20. The van der Waals surface area contributed by atoms with Gasteiger partial charge in [-0.05, 0) is 18.6 Å². The fourth-order valence-electron chi connectivity index (χ4n) is 2.20. The van der Waals surface area contributed by atoms with Gasteiger partial charge in [-0.3, -0.25) is 4.99 Å². The molecular weight excluding hydrogens is 316 g/mol. The summed E-state index contributed by atoms with van der Waals surface area (Å²) >= 11 is 0. The smallest absolute Gasteiger partial charge is 0.218 e. The molecule has 6 heteroatoms. The summed E-state index contributed by atoms with van der Waals surface area (Å²) in [4.78, 5) is 8.54. The van der Waals surface area contributed by atoms with Crippen molar-refractivity contribution in [3.63, 3.8) is 0 Å². The van der Waals surface area contributed by atoms with Crippen molar-refractivity contribution in [2.75, 3.05) is 26.8 Å². The molecule has 1 aromatic carbocycles. The molecule has 134 valence electrons. The van der Waals surface area contributed by atoms with Crippen LogP contribution in [0, 0.1) is 0 Å². The van der Waals surface area contributed by atoms with Crippen LogP contribution >= 0.6 is 0 Å². The topological polar surface area (TPSA) is 67.8 Å². The van der Waals surface area contributed by atoms with E-state index in [0.717, 1.165) is 17.1 Å². The van der Waals surface area contributed by atoms with Crippen molar-refractivity contribution >= 4 is 5.96 Å². The van der Waals surface area contributed by atoms with Gasteiger partial charge >= 0.3 is 0 Å². The molecule has 6 nitrogen and oxygen atoms in total. The average Bonchev–Trinajstić information content (AvgIpc) is 2.67. The molecule has 0 amide bonds. The van der Waals surface area contributed by atoms with Gasteiger partial charge in [-0.15, -0.1) is 0 Å². The second kappa shape index (κ2) is 11.0. The largest absolute Gasteiger partial charge is 0.473 e. The summed E-state index contributed by atoms with van der Waals surface area (Å²) in [7, 11) is 1.74. The van der Waals surface area contributed by atoms with E-state index in [1.165, 1.54) is 0 Å². The summed E-state index contributed by atoms with van der Waals surface area (Å²) in [6.07, 6.45) is 1.74. The molecule has 0 aliphatic rings. The number of aliphatic imine (C=N–C) groups is 1. The average molecular weight is 342 g/mol. The molecule has 2 N–H and O–H groups in total. The molecule has 0 aliphatic heterocycles.